The molecular weight excluding hydrogens is 639 g/mol. The minimum absolute atomic E-state index is 0.116. The van der Waals surface area contributed by atoms with E-state index in [0.717, 1.165) is 33.2 Å². The number of hydrogen-bond acceptors (Lipinski definition) is 4. The van der Waals surface area contributed by atoms with Crippen LogP contribution in [0.3, 0.4) is 0 Å². The Labute approximate surface area is 277 Å². The van der Waals surface area contributed by atoms with Crippen molar-refractivity contribution in [3.63, 3.8) is 0 Å². The predicted octanol–water partition coefficient (Wildman–Crippen LogP) is 10.1. The molecule has 9 rings (SSSR count). The number of rotatable bonds is 5. The van der Waals surface area contributed by atoms with Gasteiger partial charge in [-0.25, -0.2) is 0 Å². The van der Waals surface area contributed by atoms with Crippen LogP contribution in [0.25, 0.3) is 86.7 Å². The van der Waals surface area contributed by atoms with Crippen LogP contribution < -0.4 is 0 Å². The number of fused-ring (bicyclic) bond motifs is 4. The summed E-state index contributed by atoms with van der Waals surface area (Å²) >= 11 is 0.116. The molecule has 2 aromatic heterocycles. The maximum atomic E-state index is 5.07. The molecule has 0 spiro atoms. The van der Waals surface area contributed by atoms with E-state index in [9.17, 15) is 0 Å². The predicted molar refractivity (Wildman–Crippen MR) is 194 cm³/mol. The molecule has 0 atom stereocenters. The van der Waals surface area contributed by atoms with Crippen molar-refractivity contribution in [1.29, 1.82) is 0 Å². The fourth-order valence-corrected chi connectivity index (χ4v) is 8.58. The van der Waals surface area contributed by atoms with Crippen molar-refractivity contribution in [1.82, 2.24) is 19.9 Å². The van der Waals surface area contributed by atoms with Crippen molar-refractivity contribution < 1.29 is 0 Å². The van der Waals surface area contributed by atoms with Crippen molar-refractivity contribution in [2.24, 2.45) is 0 Å². The molecule has 0 fully saturated rings. The second kappa shape index (κ2) is 11.6. The van der Waals surface area contributed by atoms with Crippen LogP contribution in [0.4, 0.5) is 0 Å². The molecule has 0 aliphatic heterocycles. The van der Waals surface area contributed by atoms with Crippen molar-refractivity contribution in [2.45, 2.75) is 0 Å². The number of hydrogen-bond donors (Lipinski definition) is 0. The first-order valence-corrected chi connectivity index (χ1v) is 17.3. The summed E-state index contributed by atoms with van der Waals surface area (Å²) in [7, 11) is 0. The summed E-state index contributed by atoms with van der Waals surface area (Å²) in [6, 6.07) is 54.9. The van der Waals surface area contributed by atoms with Crippen molar-refractivity contribution in [2.75, 3.05) is 0 Å². The van der Waals surface area contributed by atoms with E-state index in [1.54, 1.807) is 0 Å². The van der Waals surface area contributed by atoms with E-state index in [1.165, 1.54) is 36.1 Å². The Hall–Kier alpha value is -5.74. The Balaban J connectivity index is 1.26. The van der Waals surface area contributed by atoms with Gasteiger partial charge < -0.3 is 0 Å². The van der Waals surface area contributed by atoms with Gasteiger partial charge in [-0.1, -0.05) is 36.4 Å². The molecule has 0 saturated carbocycles. The fraction of sp³-hybridized carbons (Fsp3) is 0. The molecule has 7 aromatic carbocycles. The summed E-state index contributed by atoms with van der Waals surface area (Å²) in [4.78, 5) is 20.1. The quantitative estimate of drug-likeness (QED) is 0.172. The number of nitrogens with zero attached hydrogens (tertiary/aromatic N) is 4. The topological polar surface area (TPSA) is 51.6 Å². The molecule has 0 radical (unpaired) electrons. The summed E-state index contributed by atoms with van der Waals surface area (Å²) in [5, 5.41) is 4.82. The van der Waals surface area contributed by atoms with Gasteiger partial charge in [0, 0.05) is 0 Å². The van der Waals surface area contributed by atoms with E-state index in [-0.39, 0.29) is 14.5 Å². The summed E-state index contributed by atoms with van der Waals surface area (Å²) < 4.78 is 2.52. The van der Waals surface area contributed by atoms with Crippen LogP contribution in [0, 0.1) is 0 Å². The van der Waals surface area contributed by atoms with E-state index in [4.69, 9.17) is 19.9 Å². The Morgan fingerprint density at radius 3 is 1.62 bits per heavy atom. The van der Waals surface area contributed by atoms with Gasteiger partial charge in [0.25, 0.3) is 0 Å². The molecule has 220 valence electrons. The molecular formula is C42H26N4Se. The van der Waals surface area contributed by atoms with E-state index in [0.29, 0.717) is 17.5 Å². The van der Waals surface area contributed by atoms with E-state index in [2.05, 4.69) is 97.1 Å². The van der Waals surface area contributed by atoms with Gasteiger partial charge in [-0.15, -0.1) is 0 Å². The Bertz CT molecular complexity index is 2500. The van der Waals surface area contributed by atoms with Crippen LogP contribution in [0.5, 0.6) is 0 Å². The average molecular weight is 666 g/mol. The van der Waals surface area contributed by atoms with Gasteiger partial charge in [-0.05, 0) is 0 Å². The molecule has 5 heteroatoms. The van der Waals surface area contributed by atoms with Gasteiger partial charge in [0.2, 0.25) is 0 Å². The number of benzene rings is 7. The van der Waals surface area contributed by atoms with Crippen LogP contribution in [-0.4, -0.2) is 34.4 Å². The Kier molecular flexibility index (Phi) is 6.78. The zero-order valence-electron chi connectivity index (χ0n) is 25.2. The molecule has 47 heavy (non-hydrogen) atoms. The molecule has 4 nitrogen and oxygen atoms in total. The van der Waals surface area contributed by atoms with E-state index >= 15 is 0 Å². The summed E-state index contributed by atoms with van der Waals surface area (Å²) in [5.74, 6) is 1.96. The second-order valence-corrected chi connectivity index (χ2v) is 13.6. The fourth-order valence-electron chi connectivity index (χ4n) is 6.28. The van der Waals surface area contributed by atoms with E-state index < -0.39 is 0 Å². The van der Waals surface area contributed by atoms with Gasteiger partial charge in [0.15, 0.2) is 0 Å². The summed E-state index contributed by atoms with van der Waals surface area (Å²) in [5.41, 5.74) is 7.49. The zero-order valence-corrected chi connectivity index (χ0v) is 26.9. The van der Waals surface area contributed by atoms with Crippen molar-refractivity contribution >= 4 is 45.8 Å². The minimum atomic E-state index is 0.116. The van der Waals surface area contributed by atoms with Gasteiger partial charge in [-0.3, -0.25) is 0 Å². The van der Waals surface area contributed by atoms with Gasteiger partial charge >= 0.3 is 243 Å². The Morgan fingerprint density at radius 1 is 0.362 bits per heavy atom. The summed E-state index contributed by atoms with van der Waals surface area (Å²) in [6.07, 6.45) is 0. The van der Waals surface area contributed by atoms with E-state index in [1.807, 2.05) is 60.7 Å². The molecule has 0 bridgehead atoms. The third-order valence-electron chi connectivity index (χ3n) is 8.54. The van der Waals surface area contributed by atoms with Gasteiger partial charge in [-0.2, -0.15) is 0 Å². The molecule has 2 heterocycles. The second-order valence-electron chi connectivity index (χ2n) is 11.5. The standard InChI is InChI=1S/C42H26N4Se/c1-4-13-27(14-5-1)39-44-40(28-15-6-2-7-16-28)46-41(45-39)31-25-30-19-10-11-20-32(30)36(26-31)33-21-12-22-35-34(33)23-24-37-38(35)47-42(43-37)29-17-8-3-9-18-29/h1-26H. The van der Waals surface area contributed by atoms with Crippen LogP contribution in [0.15, 0.2) is 158 Å². The van der Waals surface area contributed by atoms with Crippen LogP contribution >= 0.6 is 0 Å². The molecule has 0 aliphatic carbocycles. The molecule has 0 amide bonds. The first-order chi connectivity index (χ1) is 23.3. The SMILES string of the molecule is c1ccc(-c2nc(-c3ccccc3)nc(-c3cc(-c4cccc5c4ccc4nc(-c6ccccc6)[se]c45)c4ccccc4c3)n2)cc1. The van der Waals surface area contributed by atoms with Crippen molar-refractivity contribution in [3.05, 3.63) is 158 Å². The Morgan fingerprint density at radius 2 is 0.936 bits per heavy atom. The minimum Gasteiger partial charge on any atom is -0.0615 e. The smallest absolute Gasteiger partial charge is 0.0615 e. The van der Waals surface area contributed by atoms with Crippen LogP contribution in [-0.2, 0) is 0 Å². The zero-order chi connectivity index (χ0) is 31.2. The monoisotopic (exact) mass is 666 g/mol. The van der Waals surface area contributed by atoms with Crippen LogP contribution in [0.2, 0.25) is 0 Å². The molecule has 0 aliphatic rings. The van der Waals surface area contributed by atoms with Gasteiger partial charge in [0.05, 0.1) is 0 Å². The average Bonchev–Trinajstić information content (AvgIpc) is 3.60. The van der Waals surface area contributed by atoms with Crippen LogP contribution in [0.1, 0.15) is 0 Å². The molecule has 0 saturated heterocycles. The van der Waals surface area contributed by atoms with Gasteiger partial charge in [0.1, 0.15) is 0 Å². The third-order valence-corrected chi connectivity index (χ3v) is 11.0. The summed E-state index contributed by atoms with van der Waals surface area (Å²) in [6.45, 7) is 0. The first kappa shape index (κ1) is 27.6. The third kappa shape index (κ3) is 5.03. The molecule has 0 unspecified atom stereocenters. The normalized spacial score (nSPS) is 11.4. The molecule has 9 aromatic rings. The van der Waals surface area contributed by atoms with Crippen molar-refractivity contribution in [3.8, 4) is 55.4 Å². The molecule has 0 N–H and O–H groups in total. The number of aromatic nitrogens is 4. The maximum absolute atomic E-state index is 5.07. The first-order valence-electron chi connectivity index (χ1n) is 15.6.